The lowest BCUT2D eigenvalue weighted by Gasteiger charge is -2.25. The van der Waals surface area contributed by atoms with Crippen molar-refractivity contribution in [2.24, 2.45) is 0 Å². The summed E-state index contributed by atoms with van der Waals surface area (Å²) in [6.45, 7) is 1.85. The van der Waals surface area contributed by atoms with Gasteiger partial charge < -0.3 is 5.32 Å². The zero-order valence-electron chi connectivity index (χ0n) is 13.8. The van der Waals surface area contributed by atoms with Crippen molar-refractivity contribution < 1.29 is 0 Å². The molecule has 0 amide bonds. The van der Waals surface area contributed by atoms with Crippen LogP contribution in [-0.2, 0) is 6.54 Å². The summed E-state index contributed by atoms with van der Waals surface area (Å²) in [6, 6.07) is 21.9. The number of hydrogen-bond acceptors (Lipinski definition) is 3. The maximum absolute atomic E-state index is 4.11. The first-order valence-corrected chi connectivity index (χ1v) is 8.33. The molecule has 24 heavy (non-hydrogen) atoms. The first-order chi connectivity index (χ1) is 11.8. The summed E-state index contributed by atoms with van der Waals surface area (Å²) in [5.41, 5.74) is 6.38. The molecule has 2 aromatic carbocycles. The molecule has 0 fully saturated rings. The molecule has 1 aliphatic rings. The second-order valence-corrected chi connectivity index (χ2v) is 6.33. The van der Waals surface area contributed by atoms with Crippen molar-refractivity contribution in [2.45, 2.75) is 12.6 Å². The first kappa shape index (κ1) is 14.9. The number of pyridine rings is 1. The molecule has 4 rings (SSSR count). The van der Waals surface area contributed by atoms with Gasteiger partial charge in [0, 0.05) is 31.2 Å². The molecule has 1 N–H and O–H groups in total. The summed E-state index contributed by atoms with van der Waals surface area (Å²) in [7, 11) is 2.20. The maximum Gasteiger partial charge on any atom is 0.0521 e. The largest absolute Gasteiger partial charge is 0.383 e. The molecular formula is C21H21N3. The highest BCUT2D eigenvalue weighted by Gasteiger charge is 2.22. The topological polar surface area (TPSA) is 28.2 Å². The van der Waals surface area contributed by atoms with Crippen molar-refractivity contribution in [2.75, 3.05) is 18.9 Å². The first-order valence-electron chi connectivity index (χ1n) is 8.33. The molecule has 0 spiro atoms. The zero-order chi connectivity index (χ0) is 16.4. The van der Waals surface area contributed by atoms with Crippen molar-refractivity contribution in [3.63, 3.8) is 0 Å². The van der Waals surface area contributed by atoms with E-state index >= 15 is 0 Å². The summed E-state index contributed by atoms with van der Waals surface area (Å²) in [6.07, 6.45) is 3.69. The van der Waals surface area contributed by atoms with Crippen molar-refractivity contribution in [1.82, 2.24) is 9.88 Å². The number of fused-ring (bicyclic) bond motifs is 1. The molecule has 1 atom stereocenters. The van der Waals surface area contributed by atoms with Gasteiger partial charge in [-0.3, -0.25) is 9.88 Å². The Morgan fingerprint density at radius 3 is 2.54 bits per heavy atom. The Hall–Kier alpha value is -2.65. The van der Waals surface area contributed by atoms with Crippen LogP contribution in [0.4, 0.5) is 5.69 Å². The van der Waals surface area contributed by atoms with Gasteiger partial charge >= 0.3 is 0 Å². The minimum absolute atomic E-state index is 0.378. The molecule has 3 aromatic rings. The molecular weight excluding hydrogens is 294 g/mol. The van der Waals surface area contributed by atoms with E-state index < -0.39 is 0 Å². The van der Waals surface area contributed by atoms with Gasteiger partial charge in [0.05, 0.1) is 6.04 Å². The van der Waals surface area contributed by atoms with Crippen LogP contribution in [0.2, 0.25) is 0 Å². The SMILES string of the molecule is CN1Cc2cc(-c3ccncc3)ccc2NCC1c1ccccc1. The van der Waals surface area contributed by atoms with Gasteiger partial charge in [0.25, 0.3) is 0 Å². The van der Waals surface area contributed by atoms with Gasteiger partial charge in [-0.2, -0.15) is 0 Å². The van der Waals surface area contributed by atoms with E-state index in [0.717, 1.165) is 13.1 Å². The van der Waals surface area contributed by atoms with E-state index in [-0.39, 0.29) is 0 Å². The third-order valence-electron chi connectivity index (χ3n) is 4.74. The number of rotatable bonds is 2. The number of benzene rings is 2. The van der Waals surface area contributed by atoms with Crippen LogP contribution in [-0.4, -0.2) is 23.5 Å². The fraction of sp³-hybridized carbons (Fsp3) is 0.190. The van der Waals surface area contributed by atoms with E-state index in [1.807, 2.05) is 12.4 Å². The Morgan fingerprint density at radius 1 is 0.958 bits per heavy atom. The summed E-state index contributed by atoms with van der Waals surface area (Å²) in [5.74, 6) is 0. The van der Waals surface area contributed by atoms with E-state index in [1.165, 1.54) is 27.9 Å². The quantitative estimate of drug-likeness (QED) is 0.762. The number of hydrogen-bond donors (Lipinski definition) is 1. The van der Waals surface area contributed by atoms with Crippen LogP contribution in [0.3, 0.4) is 0 Å². The molecule has 3 nitrogen and oxygen atoms in total. The van der Waals surface area contributed by atoms with Gasteiger partial charge in [-0.1, -0.05) is 36.4 Å². The van der Waals surface area contributed by atoms with Crippen LogP contribution in [0, 0.1) is 0 Å². The Kier molecular flexibility index (Phi) is 4.01. The van der Waals surface area contributed by atoms with Crippen LogP contribution >= 0.6 is 0 Å². The van der Waals surface area contributed by atoms with Crippen LogP contribution in [0.15, 0.2) is 73.1 Å². The van der Waals surface area contributed by atoms with Gasteiger partial charge in [-0.25, -0.2) is 0 Å². The maximum atomic E-state index is 4.11. The highest BCUT2D eigenvalue weighted by atomic mass is 15.2. The van der Waals surface area contributed by atoms with Gasteiger partial charge in [0.15, 0.2) is 0 Å². The fourth-order valence-electron chi connectivity index (χ4n) is 3.41. The fourth-order valence-corrected chi connectivity index (χ4v) is 3.41. The van der Waals surface area contributed by atoms with Crippen LogP contribution in [0.5, 0.6) is 0 Å². The number of aromatic nitrogens is 1. The van der Waals surface area contributed by atoms with E-state index in [2.05, 4.69) is 82.9 Å². The normalized spacial score (nSPS) is 17.6. The molecule has 0 bridgehead atoms. The van der Waals surface area contributed by atoms with Crippen molar-refractivity contribution >= 4 is 5.69 Å². The smallest absolute Gasteiger partial charge is 0.0521 e. The molecule has 0 saturated carbocycles. The molecule has 1 unspecified atom stereocenters. The molecule has 2 heterocycles. The molecule has 1 aliphatic heterocycles. The molecule has 3 heteroatoms. The van der Waals surface area contributed by atoms with E-state index in [9.17, 15) is 0 Å². The van der Waals surface area contributed by atoms with Gasteiger partial charge in [-0.05, 0) is 53.6 Å². The van der Waals surface area contributed by atoms with Crippen molar-refractivity contribution in [3.05, 3.63) is 84.2 Å². The predicted octanol–water partition coefficient (Wildman–Crippen LogP) is 4.35. The van der Waals surface area contributed by atoms with Crippen LogP contribution < -0.4 is 5.32 Å². The van der Waals surface area contributed by atoms with Crippen molar-refractivity contribution in [1.29, 1.82) is 0 Å². The predicted molar refractivity (Wildman–Crippen MR) is 98.8 cm³/mol. The molecule has 0 saturated heterocycles. The summed E-state index contributed by atoms with van der Waals surface area (Å²) < 4.78 is 0. The Morgan fingerprint density at radius 2 is 1.75 bits per heavy atom. The van der Waals surface area contributed by atoms with Crippen molar-refractivity contribution in [3.8, 4) is 11.1 Å². The van der Waals surface area contributed by atoms with E-state index in [0.29, 0.717) is 6.04 Å². The standard InChI is InChI=1S/C21H21N3/c1-24-15-19-13-18(16-9-11-22-12-10-16)7-8-20(19)23-14-21(24)17-5-3-2-4-6-17/h2-13,21,23H,14-15H2,1H3. The monoisotopic (exact) mass is 315 g/mol. The van der Waals surface area contributed by atoms with Crippen LogP contribution in [0.25, 0.3) is 11.1 Å². The third-order valence-corrected chi connectivity index (χ3v) is 4.74. The van der Waals surface area contributed by atoms with E-state index in [4.69, 9.17) is 0 Å². The van der Waals surface area contributed by atoms with E-state index in [1.54, 1.807) is 0 Å². The minimum atomic E-state index is 0.378. The van der Waals surface area contributed by atoms with Gasteiger partial charge in [-0.15, -0.1) is 0 Å². The Bertz CT molecular complexity index is 815. The number of nitrogens with one attached hydrogen (secondary N) is 1. The molecule has 1 aromatic heterocycles. The Labute approximate surface area is 143 Å². The molecule has 120 valence electrons. The lowest BCUT2D eigenvalue weighted by molar-refractivity contribution is 0.252. The van der Waals surface area contributed by atoms with Gasteiger partial charge in [0.1, 0.15) is 0 Å². The molecule has 0 aliphatic carbocycles. The second kappa shape index (κ2) is 6.46. The average molecular weight is 315 g/mol. The Balaban J connectivity index is 1.64. The second-order valence-electron chi connectivity index (χ2n) is 6.33. The van der Waals surface area contributed by atoms with Gasteiger partial charge in [0.2, 0.25) is 0 Å². The highest BCUT2D eigenvalue weighted by Crippen LogP contribution is 2.31. The lowest BCUT2D eigenvalue weighted by Crippen LogP contribution is -2.26. The number of likely N-dealkylation sites (N-methyl/N-ethyl adjacent to an activating group) is 1. The zero-order valence-corrected chi connectivity index (χ0v) is 13.8. The molecule has 0 radical (unpaired) electrons. The number of nitrogens with zero attached hydrogens (tertiary/aromatic N) is 2. The van der Waals surface area contributed by atoms with Crippen LogP contribution in [0.1, 0.15) is 17.2 Å². The summed E-state index contributed by atoms with van der Waals surface area (Å²) in [5, 5.41) is 3.63. The third kappa shape index (κ3) is 2.91. The highest BCUT2D eigenvalue weighted by molar-refractivity contribution is 5.68. The average Bonchev–Trinajstić information content (AvgIpc) is 2.80. The summed E-state index contributed by atoms with van der Waals surface area (Å²) in [4.78, 5) is 6.53. The number of anilines is 1. The lowest BCUT2D eigenvalue weighted by atomic mass is 10.0. The minimum Gasteiger partial charge on any atom is -0.383 e. The summed E-state index contributed by atoms with van der Waals surface area (Å²) >= 11 is 0.